The van der Waals surface area contributed by atoms with Gasteiger partial charge in [-0.2, -0.15) is 10.5 Å². The molecule has 3 aromatic rings. The third-order valence-electron chi connectivity index (χ3n) is 7.48. The van der Waals surface area contributed by atoms with Gasteiger partial charge in [-0.1, -0.05) is 100 Å². The average Bonchev–Trinajstić information content (AvgIpc) is 3.56. The monoisotopic (exact) mass is 518 g/mol. The normalized spacial score (nSPS) is 17.0. The quantitative estimate of drug-likeness (QED) is 0.225. The number of fused-ring (bicyclic) bond motifs is 5. The van der Waals surface area contributed by atoms with E-state index in [0.29, 0.717) is 24.7 Å². The van der Waals surface area contributed by atoms with Gasteiger partial charge in [0.1, 0.15) is 47.0 Å². The van der Waals surface area contributed by atoms with Crippen LogP contribution in [0.5, 0.6) is 11.5 Å². The van der Waals surface area contributed by atoms with Crippen molar-refractivity contribution in [1.82, 2.24) is 0 Å². The molecular weight excluding hydrogens is 484 g/mol. The van der Waals surface area contributed by atoms with E-state index in [-0.39, 0.29) is 11.1 Å². The molecule has 39 heavy (non-hydrogen) atoms. The van der Waals surface area contributed by atoms with Crippen LogP contribution in [-0.4, -0.2) is 13.2 Å². The van der Waals surface area contributed by atoms with Crippen molar-refractivity contribution in [3.63, 3.8) is 0 Å². The molecule has 2 atom stereocenters. The van der Waals surface area contributed by atoms with Gasteiger partial charge in [-0.15, -0.1) is 0 Å². The Balaban J connectivity index is 1.73. The molecule has 0 saturated carbocycles. The van der Waals surface area contributed by atoms with Crippen LogP contribution in [0.2, 0.25) is 0 Å². The van der Waals surface area contributed by atoms with Crippen LogP contribution in [-0.2, 0) is 4.74 Å². The first kappa shape index (κ1) is 26.5. The standard InChI is InChI=1S/C34H34N2O3/c1-3-5-13-19-37-31-25(21-35)26(22-36)32(38-20-14-6-4-2)30-29(31)33-27(23-15-9-7-10-16-23)28(34(30)39-33)24-17-11-8-12-18-24/h7-12,15-18,33-34H,3-6,13-14,19-20H2,1-2H3. The Labute approximate surface area is 231 Å². The lowest BCUT2D eigenvalue weighted by molar-refractivity contribution is 0.0931. The van der Waals surface area contributed by atoms with Crippen molar-refractivity contribution in [1.29, 1.82) is 10.5 Å². The number of benzene rings is 3. The Morgan fingerprint density at radius 2 is 1.05 bits per heavy atom. The van der Waals surface area contributed by atoms with Crippen molar-refractivity contribution >= 4 is 11.1 Å². The summed E-state index contributed by atoms with van der Waals surface area (Å²) in [5.74, 6) is 0.934. The van der Waals surface area contributed by atoms with Crippen molar-refractivity contribution in [2.75, 3.05) is 13.2 Å². The van der Waals surface area contributed by atoms with E-state index in [1.54, 1.807) is 0 Å². The summed E-state index contributed by atoms with van der Waals surface area (Å²) >= 11 is 0. The van der Waals surface area contributed by atoms with Gasteiger partial charge in [-0.3, -0.25) is 0 Å². The summed E-state index contributed by atoms with van der Waals surface area (Å²) in [4.78, 5) is 0. The highest BCUT2D eigenvalue weighted by atomic mass is 16.5. The zero-order valence-electron chi connectivity index (χ0n) is 22.7. The molecule has 2 heterocycles. The third-order valence-corrected chi connectivity index (χ3v) is 7.48. The van der Waals surface area contributed by atoms with Crippen molar-refractivity contribution in [3.8, 4) is 23.6 Å². The second-order valence-electron chi connectivity index (χ2n) is 10.0. The molecule has 0 aliphatic carbocycles. The number of rotatable bonds is 12. The van der Waals surface area contributed by atoms with E-state index >= 15 is 0 Å². The lowest BCUT2D eigenvalue weighted by atomic mass is 9.78. The Morgan fingerprint density at radius 1 is 0.641 bits per heavy atom. The lowest BCUT2D eigenvalue weighted by Crippen LogP contribution is -2.14. The molecule has 0 spiro atoms. The molecule has 0 fully saturated rings. The van der Waals surface area contributed by atoms with Crippen LogP contribution in [0.15, 0.2) is 60.7 Å². The highest BCUT2D eigenvalue weighted by Gasteiger charge is 2.50. The van der Waals surface area contributed by atoms with Crippen molar-refractivity contribution < 1.29 is 14.2 Å². The molecule has 2 aliphatic heterocycles. The van der Waals surface area contributed by atoms with E-state index in [0.717, 1.165) is 71.9 Å². The Hall–Kier alpha value is -4.06. The minimum absolute atomic E-state index is 0.239. The minimum atomic E-state index is -0.429. The zero-order chi connectivity index (χ0) is 27.2. The van der Waals surface area contributed by atoms with E-state index in [1.807, 2.05) is 36.4 Å². The summed E-state index contributed by atoms with van der Waals surface area (Å²) in [7, 11) is 0. The highest BCUT2D eigenvalue weighted by molar-refractivity contribution is 6.01. The maximum atomic E-state index is 10.3. The summed E-state index contributed by atoms with van der Waals surface area (Å²) in [5.41, 5.74) is 6.42. The molecule has 5 nitrogen and oxygen atoms in total. The average molecular weight is 519 g/mol. The van der Waals surface area contributed by atoms with Crippen LogP contribution >= 0.6 is 0 Å². The van der Waals surface area contributed by atoms with Crippen LogP contribution in [0.3, 0.4) is 0 Å². The van der Waals surface area contributed by atoms with Gasteiger partial charge >= 0.3 is 0 Å². The first-order valence-electron chi connectivity index (χ1n) is 14.0. The summed E-state index contributed by atoms with van der Waals surface area (Å²) in [6.07, 6.45) is 5.08. The number of nitriles is 2. The molecule has 2 bridgehead atoms. The minimum Gasteiger partial charge on any atom is -0.492 e. The van der Waals surface area contributed by atoms with Gasteiger partial charge in [0.2, 0.25) is 0 Å². The molecule has 2 aliphatic rings. The maximum Gasteiger partial charge on any atom is 0.145 e. The fourth-order valence-electron chi connectivity index (χ4n) is 5.66. The summed E-state index contributed by atoms with van der Waals surface area (Å²) in [5, 5.41) is 20.6. The molecule has 0 saturated heterocycles. The molecule has 0 radical (unpaired) electrons. The Morgan fingerprint density at radius 3 is 1.41 bits per heavy atom. The van der Waals surface area contributed by atoms with E-state index < -0.39 is 12.2 Å². The van der Waals surface area contributed by atoms with E-state index in [2.05, 4.69) is 50.3 Å². The molecule has 198 valence electrons. The lowest BCUT2D eigenvalue weighted by Gasteiger charge is -2.26. The fourth-order valence-corrected chi connectivity index (χ4v) is 5.66. The second-order valence-corrected chi connectivity index (χ2v) is 10.0. The number of hydrogen-bond acceptors (Lipinski definition) is 5. The van der Waals surface area contributed by atoms with Gasteiger partial charge in [0, 0.05) is 11.1 Å². The summed E-state index contributed by atoms with van der Waals surface area (Å²) < 4.78 is 19.5. The van der Waals surface area contributed by atoms with Gasteiger partial charge in [0.15, 0.2) is 0 Å². The number of nitrogens with zero attached hydrogens (tertiary/aromatic N) is 2. The fraction of sp³-hybridized carbons (Fsp3) is 0.353. The number of unbranched alkanes of at least 4 members (excludes halogenated alkanes) is 4. The van der Waals surface area contributed by atoms with Crippen LogP contribution < -0.4 is 9.47 Å². The SMILES string of the molecule is CCCCCOc1c(C#N)c(C#N)c(OCCCCC)c2c1C1OC2C(c2ccccc2)=C1c1ccccc1. The first-order chi connectivity index (χ1) is 19.2. The Bertz CT molecular complexity index is 1320. The largest absolute Gasteiger partial charge is 0.492 e. The molecule has 2 unspecified atom stereocenters. The van der Waals surface area contributed by atoms with Crippen molar-refractivity contribution in [2.45, 2.75) is 64.6 Å². The molecule has 0 amide bonds. The number of hydrogen-bond donors (Lipinski definition) is 0. The van der Waals surface area contributed by atoms with Crippen LogP contribution in [0.25, 0.3) is 11.1 Å². The summed E-state index contributed by atoms with van der Waals surface area (Å²) in [6, 6.07) is 25.1. The predicted molar refractivity (Wildman–Crippen MR) is 152 cm³/mol. The molecule has 5 heteroatoms. The summed E-state index contributed by atoms with van der Waals surface area (Å²) in [6.45, 7) is 5.24. The topological polar surface area (TPSA) is 75.3 Å². The van der Waals surface area contributed by atoms with Gasteiger partial charge in [0.05, 0.1) is 13.2 Å². The molecule has 5 rings (SSSR count). The van der Waals surface area contributed by atoms with Crippen molar-refractivity contribution in [2.24, 2.45) is 0 Å². The molecule has 0 N–H and O–H groups in total. The van der Waals surface area contributed by atoms with Gasteiger partial charge in [0.25, 0.3) is 0 Å². The predicted octanol–water partition coefficient (Wildman–Crippen LogP) is 8.30. The van der Waals surface area contributed by atoms with Crippen LogP contribution in [0, 0.1) is 22.7 Å². The van der Waals surface area contributed by atoms with Crippen molar-refractivity contribution in [3.05, 3.63) is 94.0 Å². The second kappa shape index (κ2) is 12.2. The van der Waals surface area contributed by atoms with Gasteiger partial charge in [-0.05, 0) is 35.1 Å². The molecular formula is C34H34N2O3. The van der Waals surface area contributed by atoms with E-state index in [4.69, 9.17) is 14.2 Å². The molecule has 3 aromatic carbocycles. The Kier molecular flexibility index (Phi) is 8.30. The third kappa shape index (κ3) is 4.91. The first-order valence-corrected chi connectivity index (χ1v) is 14.0. The highest BCUT2D eigenvalue weighted by Crippen LogP contribution is 2.65. The maximum absolute atomic E-state index is 10.3. The van der Waals surface area contributed by atoms with Crippen LogP contribution in [0.1, 0.15) is 98.0 Å². The van der Waals surface area contributed by atoms with E-state index in [9.17, 15) is 10.5 Å². The van der Waals surface area contributed by atoms with Gasteiger partial charge in [-0.25, -0.2) is 0 Å². The zero-order valence-corrected chi connectivity index (χ0v) is 22.7. The smallest absolute Gasteiger partial charge is 0.145 e. The molecule has 0 aromatic heterocycles. The number of ether oxygens (including phenoxy) is 3. The van der Waals surface area contributed by atoms with Crippen LogP contribution in [0.4, 0.5) is 0 Å². The van der Waals surface area contributed by atoms with E-state index in [1.165, 1.54) is 0 Å². The van der Waals surface area contributed by atoms with Gasteiger partial charge < -0.3 is 14.2 Å².